The van der Waals surface area contributed by atoms with Crippen LogP contribution < -0.4 is 10.6 Å². The van der Waals surface area contributed by atoms with Crippen LogP contribution in [0, 0.1) is 0 Å². The highest BCUT2D eigenvalue weighted by Crippen LogP contribution is 2.18. The number of nitrogens with one attached hydrogen (secondary N) is 2. The molecule has 0 bridgehead atoms. The molecule has 0 aliphatic carbocycles. The van der Waals surface area contributed by atoms with Gasteiger partial charge in [0, 0.05) is 22.9 Å². The SMILES string of the molecule is C=CCNC(=O)c1ccnc(Nc2cccc(Br)c2)n1. The first-order valence-electron chi connectivity index (χ1n) is 5.94. The molecular weight excluding hydrogens is 320 g/mol. The molecule has 1 amide bonds. The van der Waals surface area contributed by atoms with Crippen LogP contribution in [-0.2, 0) is 0 Å². The van der Waals surface area contributed by atoms with E-state index in [1.54, 1.807) is 12.1 Å². The van der Waals surface area contributed by atoms with Crippen molar-refractivity contribution in [2.75, 3.05) is 11.9 Å². The second-order valence-electron chi connectivity index (χ2n) is 3.90. The van der Waals surface area contributed by atoms with E-state index in [0.29, 0.717) is 18.2 Å². The Kier molecular flexibility index (Phi) is 4.84. The van der Waals surface area contributed by atoms with Gasteiger partial charge >= 0.3 is 0 Å². The maximum absolute atomic E-state index is 11.8. The molecule has 6 heteroatoms. The number of nitrogens with zero attached hydrogens (tertiary/aromatic N) is 2. The topological polar surface area (TPSA) is 66.9 Å². The maximum atomic E-state index is 11.8. The molecule has 0 saturated heterocycles. The molecule has 102 valence electrons. The van der Waals surface area contributed by atoms with Gasteiger partial charge in [-0.15, -0.1) is 6.58 Å². The zero-order valence-electron chi connectivity index (χ0n) is 10.6. The summed E-state index contributed by atoms with van der Waals surface area (Å²) < 4.78 is 0.947. The molecular formula is C14H13BrN4O. The number of carbonyl (C=O) groups excluding carboxylic acids is 1. The molecule has 1 aromatic heterocycles. The number of halogens is 1. The third-order valence-corrected chi connectivity index (χ3v) is 2.87. The van der Waals surface area contributed by atoms with E-state index in [4.69, 9.17) is 0 Å². The average Bonchev–Trinajstić information content (AvgIpc) is 2.45. The zero-order valence-corrected chi connectivity index (χ0v) is 12.2. The van der Waals surface area contributed by atoms with E-state index in [1.807, 2.05) is 24.3 Å². The van der Waals surface area contributed by atoms with E-state index in [2.05, 4.69) is 43.1 Å². The van der Waals surface area contributed by atoms with Gasteiger partial charge in [0.25, 0.3) is 5.91 Å². The Morgan fingerprint density at radius 1 is 1.40 bits per heavy atom. The Balaban J connectivity index is 2.13. The van der Waals surface area contributed by atoms with Crippen LogP contribution in [0.25, 0.3) is 0 Å². The summed E-state index contributed by atoms with van der Waals surface area (Å²) in [7, 11) is 0. The number of hydrogen-bond donors (Lipinski definition) is 2. The first-order valence-corrected chi connectivity index (χ1v) is 6.73. The fourth-order valence-corrected chi connectivity index (χ4v) is 1.90. The lowest BCUT2D eigenvalue weighted by molar-refractivity contribution is 0.0953. The van der Waals surface area contributed by atoms with Crippen LogP contribution in [0.1, 0.15) is 10.5 Å². The van der Waals surface area contributed by atoms with Crippen molar-refractivity contribution in [3.8, 4) is 0 Å². The first-order chi connectivity index (χ1) is 9.69. The summed E-state index contributed by atoms with van der Waals surface area (Å²) in [6.45, 7) is 3.94. The van der Waals surface area contributed by atoms with Crippen LogP contribution in [0.15, 0.2) is 53.7 Å². The van der Waals surface area contributed by atoms with Crippen molar-refractivity contribution in [1.29, 1.82) is 0 Å². The summed E-state index contributed by atoms with van der Waals surface area (Å²) in [4.78, 5) is 20.0. The Labute approximate surface area is 125 Å². The van der Waals surface area contributed by atoms with Crippen molar-refractivity contribution in [3.63, 3.8) is 0 Å². The second-order valence-corrected chi connectivity index (χ2v) is 4.82. The van der Waals surface area contributed by atoms with Gasteiger partial charge in [-0.25, -0.2) is 9.97 Å². The molecule has 0 spiro atoms. The summed E-state index contributed by atoms with van der Waals surface area (Å²) in [5, 5.41) is 5.71. The van der Waals surface area contributed by atoms with Crippen LogP contribution >= 0.6 is 15.9 Å². The largest absolute Gasteiger partial charge is 0.347 e. The predicted molar refractivity (Wildman–Crippen MR) is 82.0 cm³/mol. The van der Waals surface area contributed by atoms with Gasteiger partial charge in [-0.1, -0.05) is 28.1 Å². The van der Waals surface area contributed by atoms with Crippen molar-refractivity contribution < 1.29 is 4.79 Å². The maximum Gasteiger partial charge on any atom is 0.270 e. The standard InChI is InChI=1S/C14H13BrN4O/c1-2-7-16-13(20)12-6-8-17-14(19-12)18-11-5-3-4-10(15)9-11/h2-6,8-9H,1,7H2,(H,16,20)(H,17,18,19). The highest BCUT2D eigenvalue weighted by Gasteiger charge is 2.07. The quantitative estimate of drug-likeness (QED) is 0.826. The van der Waals surface area contributed by atoms with Gasteiger partial charge in [-0.2, -0.15) is 0 Å². The Bertz CT molecular complexity index is 630. The first kappa shape index (κ1) is 14.2. The minimum Gasteiger partial charge on any atom is -0.347 e. The van der Waals surface area contributed by atoms with Gasteiger partial charge in [0.15, 0.2) is 0 Å². The van der Waals surface area contributed by atoms with Crippen molar-refractivity contribution in [2.45, 2.75) is 0 Å². The Morgan fingerprint density at radius 2 is 2.25 bits per heavy atom. The van der Waals surface area contributed by atoms with Crippen molar-refractivity contribution in [1.82, 2.24) is 15.3 Å². The number of aromatic nitrogens is 2. The van der Waals surface area contributed by atoms with Crippen LogP contribution in [-0.4, -0.2) is 22.4 Å². The van der Waals surface area contributed by atoms with E-state index < -0.39 is 0 Å². The number of benzene rings is 1. The van der Waals surface area contributed by atoms with E-state index in [-0.39, 0.29) is 5.91 Å². The van der Waals surface area contributed by atoms with Gasteiger partial charge in [-0.3, -0.25) is 4.79 Å². The minimum absolute atomic E-state index is 0.260. The van der Waals surface area contributed by atoms with Crippen molar-refractivity contribution >= 4 is 33.5 Å². The molecule has 0 fully saturated rings. The molecule has 2 aromatic rings. The van der Waals surface area contributed by atoms with Crippen LogP contribution in [0.5, 0.6) is 0 Å². The van der Waals surface area contributed by atoms with Gasteiger partial charge in [-0.05, 0) is 24.3 Å². The molecule has 1 aromatic carbocycles. The molecule has 1 heterocycles. The number of amides is 1. The van der Waals surface area contributed by atoms with E-state index in [1.165, 1.54) is 6.20 Å². The summed E-state index contributed by atoms with van der Waals surface area (Å²) in [5.41, 5.74) is 1.14. The molecule has 2 N–H and O–H groups in total. The molecule has 0 radical (unpaired) electrons. The molecule has 5 nitrogen and oxygen atoms in total. The predicted octanol–water partition coefficient (Wildman–Crippen LogP) is 2.90. The number of anilines is 2. The number of rotatable bonds is 5. The molecule has 0 aliphatic heterocycles. The third kappa shape index (κ3) is 3.89. The smallest absolute Gasteiger partial charge is 0.270 e. The third-order valence-electron chi connectivity index (χ3n) is 2.38. The van der Waals surface area contributed by atoms with Crippen LogP contribution in [0.4, 0.5) is 11.6 Å². The van der Waals surface area contributed by atoms with Crippen molar-refractivity contribution in [2.24, 2.45) is 0 Å². The summed E-state index contributed by atoms with van der Waals surface area (Å²) in [6.07, 6.45) is 3.15. The Hall–Kier alpha value is -2.21. The highest BCUT2D eigenvalue weighted by molar-refractivity contribution is 9.10. The summed E-state index contributed by atoms with van der Waals surface area (Å²) >= 11 is 3.39. The molecule has 0 atom stereocenters. The monoisotopic (exact) mass is 332 g/mol. The molecule has 20 heavy (non-hydrogen) atoms. The molecule has 0 unspecified atom stereocenters. The van der Waals surface area contributed by atoms with Crippen molar-refractivity contribution in [3.05, 3.63) is 59.4 Å². The molecule has 0 saturated carbocycles. The van der Waals surface area contributed by atoms with E-state index in [9.17, 15) is 4.79 Å². The number of carbonyl (C=O) groups is 1. The van der Waals surface area contributed by atoms with Gasteiger partial charge in [0.1, 0.15) is 5.69 Å². The molecule has 2 rings (SSSR count). The van der Waals surface area contributed by atoms with Gasteiger partial charge < -0.3 is 10.6 Å². The normalized spacial score (nSPS) is 9.85. The average molecular weight is 333 g/mol. The lowest BCUT2D eigenvalue weighted by Crippen LogP contribution is -2.24. The number of hydrogen-bond acceptors (Lipinski definition) is 4. The van der Waals surface area contributed by atoms with E-state index in [0.717, 1.165) is 10.2 Å². The lowest BCUT2D eigenvalue weighted by atomic mass is 10.3. The second kappa shape index (κ2) is 6.81. The summed E-state index contributed by atoms with van der Waals surface area (Å²) in [5.74, 6) is 0.110. The fraction of sp³-hybridized carbons (Fsp3) is 0.0714. The highest BCUT2D eigenvalue weighted by atomic mass is 79.9. The molecule has 0 aliphatic rings. The minimum atomic E-state index is -0.260. The van der Waals surface area contributed by atoms with E-state index >= 15 is 0 Å². The Morgan fingerprint density at radius 3 is 3.00 bits per heavy atom. The lowest BCUT2D eigenvalue weighted by Gasteiger charge is -2.06. The fourth-order valence-electron chi connectivity index (χ4n) is 1.50. The summed E-state index contributed by atoms with van der Waals surface area (Å²) in [6, 6.07) is 9.16. The van der Waals surface area contributed by atoms with Gasteiger partial charge in [0.05, 0.1) is 0 Å². The van der Waals surface area contributed by atoms with Crippen LogP contribution in [0.2, 0.25) is 0 Å². The zero-order chi connectivity index (χ0) is 14.4. The van der Waals surface area contributed by atoms with Crippen LogP contribution in [0.3, 0.4) is 0 Å². The van der Waals surface area contributed by atoms with Gasteiger partial charge in [0.2, 0.25) is 5.95 Å².